The molecular formula is C15H21BrN5O13P2+. The smallest absolute Gasteiger partial charge is 0.387 e. The number of aliphatic hydroxyl groups excluding tert-OH is 4. The van der Waals surface area contributed by atoms with Crippen molar-refractivity contribution in [3.05, 3.63) is 11.1 Å². The number of halogens is 1. The number of aliphatic hydroxyl groups is 4. The lowest BCUT2D eigenvalue weighted by Gasteiger charge is -2.20. The van der Waals surface area contributed by atoms with Gasteiger partial charge in [-0.15, -0.1) is 0 Å². The van der Waals surface area contributed by atoms with Crippen LogP contribution in [-0.4, -0.2) is 94.6 Å². The normalized spacial score (nSPS) is 43.8. The Morgan fingerprint density at radius 3 is 2.22 bits per heavy atom. The fourth-order valence-corrected chi connectivity index (χ4v) is 6.75. The molecule has 4 aliphatic rings. The number of nitrogens with zero attached hydrogens (tertiary/aromatic N) is 4. The predicted octanol–water partition coefficient (Wildman–Crippen LogP) is -2.43. The van der Waals surface area contributed by atoms with E-state index in [9.17, 15) is 39.3 Å². The van der Waals surface area contributed by atoms with Crippen molar-refractivity contribution in [2.75, 3.05) is 18.9 Å². The van der Waals surface area contributed by atoms with E-state index >= 15 is 0 Å². The zero-order chi connectivity index (χ0) is 26.2. The third kappa shape index (κ3) is 4.52. The molecular weight excluding hydrogens is 600 g/mol. The van der Waals surface area contributed by atoms with E-state index < -0.39 is 77.9 Å². The summed E-state index contributed by atoms with van der Waals surface area (Å²) < 4.78 is 51.6. The first-order valence-electron chi connectivity index (χ1n) is 10.2. The lowest BCUT2D eigenvalue weighted by atomic mass is 10.1. The molecule has 2 saturated heterocycles. The third-order valence-electron chi connectivity index (χ3n) is 5.88. The number of phosphoric ester groups is 2. The molecule has 2 aromatic rings. The molecule has 6 heterocycles. The summed E-state index contributed by atoms with van der Waals surface area (Å²) in [5.41, 5.74) is 6.38. The molecule has 0 radical (unpaired) electrons. The summed E-state index contributed by atoms with van der Waals surface area (Å²) in [5.74, 6) is -0.0799. The van der Waals surface area contributed by atoms with Crippen LogP contribution in [0.15, 0.2) is 11.1 Å². The van der Waals surface area contributed by atoms with Gasteiger partial charge in [-0.3, -0.25) is 13.6 Å². The van der Waals surface area contributed by atoms with Gasteiger partial charge in [-0.05, 0) is 15.9 Å². The molecule has 6 rings (SSSR count). The number of nitrogen functional groups attached to an aromatic ring is 1. The van der Waals surface area contributed by atoms with E-state index in [-0.39, 0.29) is 21.7 Å². The Morgan fingerprint density at radius 2 is 1.58 bits per heavy atom. The van der Waals surface area contributed by atoms with Gasteiger partial charge in [0.05, 0.1) is 13.2 Å². The number of rotatable bonds is 0. The van der Waals surface area contributed by atoms with E-state index in [4.69, 9.17) is 15.2 Å². The maximum absolute atomic E-state index is 12.2. The Hall–Kier alpha value is -1.15. The van der Waals surface area contributed by atoms with Gasteiger partial charge in [0.2, 0.25) is 18.2 Å². The molecule has 2 aromatic heterocycles. The fraction of sp³-hybridized carbons (Fsp3) is 0.667. The van der Waals surface area contributed by atoms with Crippen LogP contribution >= 0.6 is 31.6 Å². The number of imidazole rings is 1. The first kappa shape index (κ1) is 26.5. The number of aromatic nitrogens is 4. The average molecular weight is 621 g/mol. The van der Waals surface area contributed by atoms with Gasteiger partial charge in [-0.2, -0.15) is 4.31 Å². The molecule has 200 valence electrons. The van der Waals surface area contributed by atoms with Crippen molar-refractivity contribution in [1.82, 2.24) is 14.5 Å². The molecule has 0 saturated carbocycles. The summed E-state index contributed by atoms with van der Waals surface area (Å²) in [6, 6.07) is 0. The van der Waals surface area contributed by atoms with Crippen LogP contribution in [0.4, 0.5) is 5.82 Å². The summed E-state index contributed by atoms with van der Waals surface area (Å²) in [7, 11) is -10.5. The van der Waals surface area contributed by atoms with Crippen LogP contribution in [0.5, 0.6) is 0 Å². The van der Waals surface area contributed by atoms with Crippen LogP contribution < -0.4 is 10.3 Å². The summed E-state index contributed by atoms with van der Waals surface area (Å²) in [6.45, 7) is -1.70. The number of anilines is 1. The van der Waals surface area contributed by atoms with Crippen molar-refractivity contribution in [2.45, 2.75) is 49.1 Å². The molecule has 10 atom stereocenters. The number of phosphoric acid groups is 2. The molecule has 4 aliphatic heterocycles. The Morgan fingerprint density at radius 1 is 1.00 bits per heavy atom. The van der Waals surface area contributed by atoms with Gasteiger partial charge in [0.15, 0.2) is 16.5 Å². The lowest BCUT2D eigenvalue weighted by Crippen LogP contribution is -2.48. The topological polar surface area (TPSA) is 262 Å². The maximum atomic E-state index is 12.2. The molecule has 2 unspecified atom stereocenters. The minimum Gasteiger partial charge on any atom is -0.387 e. The van der Waals surface area contributed by atoms with E-state index in [2.05, 4.69) is 39.3 Å². The van der Waals surface area contributed by atoms with E-state index in [0.717, 1.165) is 10.9 Å². The second kappa shape index (κ2) is 9.25. The summed E-state index contributed by atoms with van der Waals surface area (Å²) in [5, 5.41) is 41.9. The molecule has 8 N–H and O–H groups in total. The number of hydrogen-bond acceptors (Lipinski definition) is 14. The Kier molecular flexibility index (Phi) is 6.80. The van der Waals surface area contributed by atoms with Crippen LogP contribution in [0.25, 0.3) is 11.2 Å². The Balaban J connectivity index is 1.60. The van der Waals surface area contributed by atoms with E-state index in [0.29, 0.717) is 0 Å². The molecule has 8 bridgehead atoms. The molecule has 2 fully saturated rings. The number of ether oxygens (including phenoxy) is 2. The number of hydrogen-bond donors (Lipinski definition) is 7. The highest BCUT2D eigenvalue weighted by molar-refractivity contribution is 9.10. The molecule has 21 heteroatoms. The average Bonchev–Trinajstić information content (AvgIpc) is 3.37. The van der Waals surface area contributed by atoms with Gasteiger partial charge >= 0.3 is 15.6 Å². The highest BCUT2D eigenvalue weighted by Gasteiger charge is 2.50. The molecule has 0 amide bonds. The largest absolute Gasteiger partial charge is 0.481 e. The van der Waals surface area contributed by atoms with Gasteiger partial charge in [-0.25, -0.2) is 18.7 Å². The van der Waals surface area contributed by atoms with Gasteiger partial charge < -0.3 is 45.4 Å². The maximum Gasteiger partial charge on any atom is 0.481 e. The second-order valence-corrected chi connectivity index (χ2v) is 11.9. The van der Waals surface area contributed by atoms with Gasteiger partial charge in [-0.1, -0.05) is 4.98 Å². The molecule has 0 aromatic carbocycles. The molecule has 36 heavy (non-hydrogen) atoms. The lowest BCUT2D eigenvalue weighted by molar-refractivity contribution is -0.755. The van der Waals surface area contributed by atoms with Crippen molar-refractivity contribution >= 4 is 48.6 Å². The van der Waals surface area contributed by atoms with Crippen LogP contribution in [0, 0.1) is 0 Å². The first-order valence-corrected chi connectivity index (χ1v) is 14.0. The molecule has 0 aliphatic carbocycles. The predicted molar refractivity (Wildman–Crippen MR) is 114 cm³/mol. The van der Waals surface area contributed by atoms with Crippen molar-refractivity contribution in [2.24, 2.45) is 0 Å². The van der Waals surface area contributed by atoms with Crippen LogP contribution in [0.2, 0.25) is 0 Å². The van der Waals surface area contributed by atoms with Gasteiger partial charge in [0.25, 0.3) is 5.82 Å². The highest BCUT2D eigenvalue weighted by atomic mass is 79.9. The third-order valence-corrected chi connectivity index (χ3v) is 9.04. The van der Waals surface area contributed by atoms with Crippen LogP contribution in [-0.2, 0) is 32.0 Å². The minimum atomic E-state index is -5.26. The summed E-state index contributed by atoms with van der Waals surface area (Å²) in [4.78, 5) is 28.2. The summed E-state index contributed by atoms with van der Waals surface area (Å²) in [6.07, 6.45) is -10.8. The standard InChI is InChI=1S/C15H20BrN5O13P2/c16-15-19-6-11(17)20-3-18-12(6)21(15)14-10(25)8(23)5(33-14)2-31-36(28,29)34-35(26,27)30-1-4-7(22)9(24)13(20)32-4/h3-5,7-10,13-14,17,22-25H,1-2H2,(H2,26,27,28,29)/p+1/t4-,5-,7-,8-,9-,10-,13-,14-/m1/s1. The Labute approximate surface area is 209 Å². The van der Waals surface area contributed by atoms with Crippen molar-refractivity contribution in [1.29, 1.82) is 0 Å². The monoisotopic (exact) mass is 620 g/mol. The van der Waals surface area contributed by atoms with Crippen LogP contribution in [0.1, 0.15) is 12.5 Å². The van der Waals surface area contributed by atoms with Gasteiger partial charge in [0.1, 0.15) is 36.6 Å². The SMILES string of the molecule is Nc1c2nc(Br)n3c2nc[n+]1[C@@H]1O[C@H](COP(=O)(O)OP(=O)(O)OC[C@H]2O[C@@H]3[C@H](O)[C@@H]2O)[C@@H](O)[C@H]1O. The fourth-order valence-electron chi connectivity index (χ4n) is 4.11. The zero-order valence-electron chi connectivity index (χ0n) is 17.8. The van der Waals surface area contributed by atoms with E-state index in [1.807, 2.05) is 0 Å². The molecule has 18 nitrogen and oxygen atoms in total. The minimum absolute atomic E-state index is 0.0635. The number of nitrogens with two attached hydrogens (primary N) is 1. The highest BCUT2D eigenvalue weighted by Crippen LogP contribution is 2.60. The second-order valence-electron chi connectivity index (χ2n) is 8.16. The van der Waals surface area contributed by atoms with Gasteiger partial charge in [0, 0.05) is 0 Å². The quantitative estimate of drug-likeness (QED) is 0.0916. The van der Waals surface area contributed by atoms with Crippen molar-refractivity contribution < 1.29 is 66.7 Å². The van der Waals surface area contributed by atoms with E-state index in [1.165, 1.54) is 4.57 Å². The van der Waals surface area contributed by atoms with E-state index in [1.54, 1.807) is 0 Å². The van der Waals surface area contributed by atoms with Crippen molar-refractivity contribution in [3.63, 3.8) is 0 Å². The molecule has 0 spiro atoms. The first-order chi connectivity index (χ1) is 16.8. The van der Waals surface area contributed by atoms with Crippen LogP contribution in [0.3, 0.4) is 0 Å². The zero-order valence-corrected chi connectivity index (χ0v) is 21.2. The number of fused-ring (bicyclic) bond motifs is 7. The Bertz CT molecular complexity index is 1280. The summed E-state index contributed by atoms with van der Waals surface area (Å²) >= 11 is 3.22. The van der Waals surface area contributed by atoms with Crippen molar-refractivity contribution in [3.8, 4) is 0 Å².